The zero-order valence-electron chi connectivity index (χ0n) is 15.0. The van der Waals surface area contributed by atoms with Gasteiger partial charge in [0.25, 0.3) is 0 Å². The van der Waals surface area contributed by atoms with Crippen LogP contribution in [-0.4, -0.2) is 55.6 Å². The average molecular weight is 385 g/mol. The first-order valence-corrected chi connectivity index (χ1v) is 11.0. The van der Waals surface area contributed by atoms with Gasteiger partial charge in [0.2, 0.25) is 5.91 Å². The Kier molecular flexibility index (Phi) is 4.97. The van der Waals surface area contributed by atoms with Crippen LogP contribution in [0.4, 0.5) is 0 Å². The molecule has 4 rings (SSSR count). The summed E-state index contributed by atoms with van der Waals surface area (Å²) in [7, 11) is -3.11. The van der Waals surface area contributed by atoms with Gasteiger partial charge in [-0.1, -0.05) is 30.3 Å². The van der Waals surface area contributed by atoms with Crippen molar-refractivity contribution in [2.45, 2.75) is 24.8 Å². The van der Waals surface area contributed by atoms with Gasteiger partial charge < -0.3 is 10.2 Å². The minimum atomic E-state index is -3.11. The summed E-state index contributed by atoms with van der Waals surface area (Å²) in [5, 5.41) is 6.55. The third-order valence-corrected chi connectivity index (χ3v) is 6.69. The number of sulfone groups is 1. The number of pyridine rings is 1. The number of benzene rings is 1. The first kappa shape index (κ1) is 18.1. The Labute approximate surface area is 159 Å². The second kappa shape index (κ2) is 7.40. The number of piperidine rings is 1. The van der Waals surface area contributed by atoms with Gasteiger partial charge in [-0.05, 0) is 24.3 Å². The van der Waals surface area contributed by atoms with Crippen LogP contribution in [0.1, 0.15) is 24.5 Å². The van der Waals surface area contributed by atoms with Gasteiger partial charge in [-0.15, -0.1) is 0 Å². The highest BCUT2D eigenvalue weighted by atomic mass is 32.2. The van der Waals surface area contributed by atoms with Crippen molar-refractivity contribution in [2.75, 3.05) is 25.4 Å². The molecule has 27 heavy (non-hydrogen) atoms. The Morgan fingerprint density at radius 2 is 2.07 bits per heavy atom. The number of carbonyl (C=O) groups is 1. The summed E-state index contributed by atoms with van der Waals surface area (Å²) in [5.41, 5.74) is 1.03. The Bertz CT molecular complexity index is 987. The van der Waals surface area contributed by atoms with Gasteiger partial charge in [0.1, 0.15) is 0 Å². The van der Waals surface area contributed by atoms with Crippen LogP contribution in [0.15, 0.2) is 48.0 Å². The van der Waals surface area contributed by atoms with Crippen LogP contribution in [0.25, 0.3) is 10.8 Å². The van der Waals surface area contributed by atoms with E-state index in [0.717, 1.165) is 30.5 Å². The smallest absolute Gasteiger partial charge is 0.236 e. The van der Waals surface area contributed by atoms with E-state index in [1.54, 1.807) is 6.08 Å². The van der Waals surface area contributed by atoms with E-state index in [9.17, 15) is 13.2 Å². The first-order valence-electron chi connectivity index (χ1n) is 9.27. The molecular formula is C20H23N3O3S. The molecule has 0 unspecified atom stereocenters. The molecular weight excluding hydrogens is 362 g/mol. The zero-order valence-corrected chi connectivity index (χ0v) is 15.9. The van der Waals surface area contributed by atoms with Gasteiger partial charge >= 0.3 is 0 Å². The molecule has 1 saturated heterocycles. The number of rotatable bonds is 4. The van der Waals surface area contributed by atoms with Gasteiger partial charge in [0, 0.05) is 47.7 Å². The Hall–Kier alpha value is -2.25. The molecule has 2 atom stereocenters. The number of amides is 1. The molecule has 142 valence electrons. The lowest BCUT2D eigenvalue weighted by atomic mass is 9.93. The van der Waals surface area contributed by atoms with Gasteiger partial charge in [-0.3, -0.25) is 9.78 Å². The molecule has 1 aromatic carbocycles. The lowest BCUT2D eigenvalue weighted by molar-refractivity contribution is -0.131. The van der Waals surface area contributed by atoms with Crippen molar-refractivity contribution in [3.05, 3.63) is 53.7 Å². The molecule has 1 fully saturated rings. The maximum absolute atomic E-state index is 12.6. The summed E-state index contributed by atoms with van der Waals surface area (Å²) in [6, 6.07) is 10.0. The van der Waals surface area contributed by atoms with E-state index in [4.69, 9.17) is 0 Å². The van der Waals surface area contributed by atoms with Gasteiger partial charge in [0.05, 0.1) is 12.3 Å². The molecule has 0 spiro atoms. The highest BCUT2D eigenvalue weighted by Crippen LogP contribution is 2.27. The van der Waals surface area contributed by atoms with Crippen molar-refractivity contribution in [1.29, 1.82) is 0 Å². The molecule has 7 heteroatoms. The number of hydrogen-bond acceptors (Lipinski definition) is 5. The van der Waals surface area contributed by atoms with Crippen molar-refractivity contribution in [3.63, 3.8) is 0 Å². The second-order valence-electron chi connectivity index (χ2n) is 7.28. The van der Waals surface area contributed by atoms with Crippen molar-refractivity contribution in [1.82, 2.24) is 15.2 Å². The van der Waals surface area contributed by atoms with Crippen molar-refractivity contribution in [3.8, 4) is 0 Å². The molecule has 2 aromatic rings. The van der Waals surface area contributed by atoms with E-state index in [2.05, 4.69) is 22.4 Å². The van der Waals surface area contributed by atoms with E-state index in [1.165, 1.54) is 10.8 Å². The van der Waals surface area contributed by atoms with Gasteiger partial charge in [0.15, 0.2) is 9.84 Å². The van der Waals surface area contributed by atoms with Crippen LogP contribution < -0.4 is 5.32 Å². The molecule has 0 aliphatic carbocycles. The van der Waals surface area contributed by atoms with Crippen LogP contribution in [-0.2, 0) is 14.6 Å². The second-order valence-corrected chi connectivity index (χ2v) is 9.21. The monoisotopic (exact) mass is 385 g/mol. The molecule has 0 radical (unpaired) electrons. The molecule has 2 aliphatic rings. The summed E-state index contributed by atoms with van der Waals surface area (Å²) >= 11 is 0. The fourth-order valence-electron chi connectivity index (χ4n) is 3.80. The van der Waals surface area contributed by atoms with E-state index < -0.39 is 9.84 Å². The first-order chi connectivity index (χ1) is 13.0. The summed E-state index contributed by atoms with van der Waals surface area (Å²) in [6.45, 7) is 1.55. The normalized spacial score (nSPS) is 24.4. The van der Waals surface area contributed by atoms with Crippen molar-refractivity contribution >= 4 is 26.5 Å². The Balaban J connectivity index is 1.38. The number of aromatic nitrogens is 1. The lowest BCUT2D eigenvalue weighted by Crippen LogP contribution is -2.45. The van der Waals surface area contributed by atoms with E-state index >= 15 is 0 Å². The maximum Gasteiger partial charge on any atom is 0.236 e. The molecule has 6 nitrogen and oxygen atoms in total. The maximum atomic E-state index is 12.6. The largest absolute Gasteiger partial charge is 0.341 e. The number of nitrogens with zero attached hydrogens (tertiary/aromatic N) is 2. The van der Waals surface area contributed by atoms with Crippen LogP contribution in [0.3, 0.4) is 0 Å². The van der Waals surface area contributed by atoms with Crippen LogP contribution in [0.5, 0.6) is 0 Å². The molecule has 3 heterocycles. The fraction of sp³-hybridized carbons (Fsp3) is 0.400. The number of hydrogen-bond donors (Lipinski definition) is 1. The molecule has 1 amide bonds. The van der Waals surface area contributed by atoms with Crippen LogP contribution >= 0.6 is 0 Å². The molecule has 2 aliphatic heterocycles. The average Bonchev–Trinajstić information content (AvgIpc) is 3.04. The number of nitrogens with one attached hydrogen (secondary N) is 1. The van der Waals surface area contributed by atoms with Crippen LogP contribution in [0, 0.1) is 0 Å². The highest BCUT2D eigenvalue weighted by Gasteiger charge is 2.27. The summed E-state index contributed by atoms with van der Waals surface area (Å²) in [5.74, 6) is 0.279. The predicted molar refractivity (Wildman–Crippen MR) is 105 cm³/mol. The molecule has 0 saturated carbocycles. The van der Waals surface area contributed by atoms with E-state index in [1.807, 2.05) is 29.3 Å². The Morgan fingerprint density at radius 1 is 1.26 bits per heavy atom. The predicted octanol–water partition coefficient (Wildman–Crippen LogP) is 1.84. The highest BCUT2D eigenvalue weighted by molar-refractivity contribution is 7.94. The Morgan fingerprint density at radius 3 is 2.85 bits per heavy atom. The molecule has 1 N–H and O–H groups in total. The lowest BCUT2D eigenvalue weighted by Gasteiger charge is -2.33. The minimum Gasteiger partial charge on any atom is -0.341 e. The number of likely N-dealkylation sites (tertiary alicyclic amines) is 1. The summed E-state index contributed by atoms with van der Waals surface area (Å²) in [4.78, 5) is 19.1. The topological polar surface area (TPSA) is 79.4 Å². The third kappa shape index (κ3) is 4.20. The van der Waals surface area contributed by atoms with E-state index in [-0.39, 0.29) is 30.2 Å². The number of fused-ring (bicyclic) bond motifs is 1. The van der Waals surface area contributed by atoms with Crippen molar-refractivity contribution in [2.24, 2.45) is 0 Å². The third-order valence-electron chi connectivity index (χ3n) is 5.29. The summed E-state index contributed by atoms with van der Waals surface area (Å²) < 4.78 is 22.9. The molecule has 1 aromatic heterocycles. The standard InChI is InChI=1S/C20H23N3O3S/c24-20(12-21-18-7-9-27(25,26)14-18)23-8-3-6-17(13-23)19-10-15-4-1-2-5-16(15)11-22-19/h1-2,4-5,7,9-11,17-18,21H,3,6,8,12-14H2/t17-,18+/m0/s1. The van der Waals surface area contributed by atoms with Crippen LogP contribution in [0.2, 0.25) is 0 Å². The van der Waals surface area contributed by atoms with E-state index in [0.29, 0.717) is 6.54 Å². The fourth-order valence-corrected chi connectivity index (χ4v) is 5.07. The van der Waals surface area contributed by atoms with Gasteiger partial charge in [-0.25, -0.2) is 8.42 Å². The van der Waals surface area contributed by atoms with Gasteiger partial charge in [-0.2, -0.15) is 0 Å². The summed E-state index contributed by atoms with van der Waals surface area (Å²) in [6.07, 6.45) is 5.48. The molecule has 0 bridgehead atoms. The SMILES string of the molecule is O=C(CN[C@@H]1C=CS(=O)(=O)C1)N1CCC[C@H](c2cc3ccccc3cn2)C1. The van der Waals surface area contributed by atoms with Crippen molar-refractivity contribution < 1.29 is 13.2 Å². The zero-order chi connectivity index (χ0) is 18.9. The quantitative estimate of drug-likeness (QED) is 0.869. The number of carbonyl (C=O) groups excluding carboxylic acids is 1. The minimum absolute atomic E-state index is 0.0122.